The number of piperidine rings is 1. The van der Waals surface area contributed by atoms with Crippen LogP contribution in [0.1, 0.15) is 40.5 Å². The van der Waals surface area contributed by atoms with Crippen molar-refractivity contribution >= 4 is 29.6 Å². The molecule has 174 valence electrons. The van der Waals surface area contributed by atoms with Crippen LogP contribution in [-0.2, 0) is 25.5 Å². The number of ether oxygens (including phenoxy) is 2. The van der Waals surface area contributed by atoms with Gasteiger partial charge >= 0.3 is 12.5 Å². The van der Waals surface area contributed by atoms with Gasteiger partial charge in [-0.25, -0.2) is 10.3 Å². The van der Waals surface area contributed by atoms with Crippen LogP contribution in [0, 0.1) is 11.8 Å². The first-order chi connectivity index (χ1) is 15.0. The molecule has 0 bridgehead atoms. The van der Waals surface area contributed by atoms with E-state index in [1.807, 2.05) is 0 Å². The number of carbonyl (C=O) groups excluding carboxylic acids is 3. The molecule has 32 heavy (non-hydrogen) atoms. The maximum atomic E-state index is 13.5. The van der Waals surface area contributed by atoms with Gasteiger partial charge in [-0.15, -0.1) is 5.92 Å². The average molecular weight is 466 g/mol. The van der Waals surface area contributed by atoms with Gasteiger partial charge in [-0.2, -0.15) is 9.28 Å². The third kappa shape index (κ3) is 5.61. The molecule has 10 heteroatoms. The number of quaternary nitrogens is 1. The molecule has 2 rings (SSSR count). The number of hydrogen-bond acceptors (Lipinski definition) is 7. The Hall–Kier alpha value is -2.58. The summed E-state index contributed by atoms with van der Waals surface area (Å²) in [5.41, 5.74) is 0.807. The van der Waals surface area contributed by atoms with Crippen LogP contribution in [0.4, 0.5) is 4.79 Å². The number of imide groups is 1. The lowest BCUT2D eigenvalue weighted by Gasteiger charge is -2.41. The fourth-order valence-electron chi connectivity index (χ4n) is 3.36. The Morgan fingerprint density at radius 1 is 1.28 bits per heavy atom. The van der Waals surface area contributed by atoms with Crippen LogP contribution < -0.4 is 10.2 Å². The summed E-state index contributed by atoms with van der Waals surface area (Å²) in [5, 5.41) is 9.33. The first kappa shape index (κ1) is 25.7. The van der Waals surface area contributed by atoms with Crippen molar-refractivity contribution in [3.8, 4) is 17.6 Å². The fourth-order valence-corrected chi connectivity index (χ4v) is 4.96. The predicted octanol–water partition coefficient (Wildman–Crippen LogP) is 2.14. The van der Waals surface area contributed by atoms with Crippen molar-refractivity contribution in [2.45, 2.75) is 55.8 Å². The monoisotopic (exact) mass is 465 g/mol. The molecular weight excluding hydrogens is 436 g/mol. The lowest BCUT2D eigenvalue weighted by atomic mass is 9.93. The van der Waals surface area contributed by atoms with Crippen molar-refractivity contribution < 1.29 is 38.1 Å². The number of nitrogens with one attached hydrogen (secondary N) is 1. The summed E-state index contributed by atoms with van der Waals surface area (Å²) in [6, 6.07) is 6.37. The molecule has 1 aromatic rings. The van der Waals surface area contributed by atoms with Crippen molar-refractivity contribution in [3.63, 3.8) is 0 Å². The molecule has 1 aliphatic heterocycles. The van der Waals surface area contributed by atoms with Gasteiger partial charge < -0.3 is 14.0 Å². The lowest BCUT2D eigenvalue weighted by molar-refractivity contribution is -0.780. The molecule has 1 aliphatic rings. The molecule has 0 saturated carbocycles. The van der Waals surface area contributed by atoms with E-state index in [0.717, 1.165) is 0 Å². The molecule has 9 nitrogen and oxygen atoms in total. The van der Waals surface area contributed by atoms with Crippen molar-refractivity contribution in [3.05, 3.63) is 24.3 Å². The summed E-state index contributed by atoms with van der Waals surface area (Å²) in [5.74, 6) is 5.18. The molecule has 2 N–H and O–H groups in total. The summed E-state index contributed by atoms with van der Waals surface area (Å²) < 4.78 is 22.1. The van der Waals surface area contributed by atoms with Crippen LogP contribution in [0.3, 0.4) is 0 Å². The second kappa shape index (κ2) is 10.4. The number of hydroxylamine groups is 1. The smallest absolute Gasteiger partial charge is 0.523 e. The van der Waals surface area contributed by atoms with Crippen LogP contribution in [0.2, 0.25) is 0 Å². The lowest BCUT2D eigenvalue weighted by Crippen LogP contribution is -2.65. The Morgan fingerprint density at radius 3 is 2.34 bits per heavy atom. The zero-order valence-corrected chi connectivity index (χ0v) is 19.5. The molecule has 1 unspecified atom stereocenters. The second-order valence-electron chi connectivity index (χ2n) is 8.46. The van der Waals surface area contributed by atoms with Gasteiger partial charge in [0.1, 0.15) is 31.0 Å². The van der Waals surface area contributed by atoms with Gasteiger partial charge in [0.25, 0.3) is 5.91 Å². The molecule has 0 aliphatic carbocycles. The van der Waals surface area contributed by atoms with E-state index < -0.39 is 38.0 Å². The number of rotatable bonds is 6. The first-order valence-electron chi connectivity index (χ1n) is 10.1. The Bertz CT molecular complexity index is 892. The Morgan fingerprint density at radius 2 is 1.88 bits per heavy atom. The van der Waals surface area contributed by atoms with Gasteiger partial charge in [0, 0.05) is 11.2 Å². The Labute approximate surface area is 190 Å². The van der Waals surface area contributed by atoms with Crippen LogP contribution >= 0.6 is 0 Å². The zero-order chi connectivity index (χ0) is 24.0. The predicted molar refractivity (Wildman–Crippen MR) is 116 cm³/mol. The van der Waals surface area contributed by atoms with E-state index in [1.54, 1.807) is 57.4 Å². The number of amides is 3. The van der Waals surface area contributed by atoms with E-state index in [1.165, 1.54) is 0 Å². The molecule has 1 heterocycles. The maximum Gasteiger partial charge on any atom is 0.523 e. The van der Waals surface area contributed by atoms with Crippen molar-refractivity contribution in [1.82, 2.24) is 5.48 Å². The third-order valence-electron chi connectivity index (χ3n) is 5.18. The van der Waals surface area contributed by atoms with Gasteiger partial charge in [0.05, 0.1) is 12.8 Å². The largest absolute Gasteiger partial charge is 0.611 e. The number of likely N-dealkylation sites (tertiary alicyclic amines) is 1. The minimum atomic E-state index is -1.88. The summed E-state index contributed by atoms with van der Waals surface area (Å²) >= 11 is -1.88. The molecule has 1 fully saturated rings. The van der Waals surface area contributed by atoms with Gasteiger partial charge in [-0.05, 0) is 52.0 Å². The van der Waals surface area contributed by atoms with Crippen LogP contribution in [0.25, 0.3) is 0 Å². The van der Waals surface area contributed by atoms with Crippen molar-refractivity contribution in [2.24, 2.45) is 0 Å². The molecule has 1 atom stereocenters. The van der Waals surface area contributed by atoms with E-state index in [0.29, 0.717) is 17.1 Å². The normalized spacial score (nSPS) is 23.8. The minimum Gasteiger partial charge on any atom is -0.611 e. The van der Waals surface area contributed by atoms with Crippen molar-refractivity contribution in [1.29, 1.82) is 0 Å². The Kier molecular flexibility index (Phi) is 8.31. The number of nitrogens with zero attached hydrogens (tertiary/aromatic N) is 1. The third-order valence-corrected chi connectivity index (χ3v) is 7.19. The van der Waals surface area contributed by atoms with Gasteiger partial charge in [-0.3, -0.25) is 10.0 Å². The summed E-state index contributed by atoms with van der Waals surface area (Å²) in [4.78, 5) is 37.5. The summed E-state index contributed by atoms with van der Waals surface area (Å²) in [6.07, 6.45) is -0.390. The fraction of sp³-hybridized carbons (Fsp3) is 0.500. The van der Waals surface area contributed by atoms with Crippen LogP contribution in [0.5, 0.6) is 5.75 Å². The number of benzene rings is 1. The molecule has 1 aromatic carbocycles. The summed E-state index contributed by atoms with van der Waals surface area (Å²) in [6.45, 7) is 6.81. The van der Waals surface area contributed by atoms with E-state index in [4.69, 9.17) is 9.47 Å². The first-order valence-corrected chi connectivity index (χ1v) is 11.2. The highest BCUT2D eigenvalue weighted by atomic mass is 32.2. The molecular formula is C22H29N2O7S+. The van der Waals surface area contributed by atoms with E-state index in [-0.39, 0.29) is 32.5 Å². The molecule has 3 amide bonds. The molecule has 0 spiro atoms. The van der Waals surface area contributed by atoms with Gasteiger partial charge in [-0.1, -0.05) is 5.92 Å². The highest BCUT2D eigenvalue weighted by Crippen LogP contribution is 2.38. The zero-order valence-electron chi connectivity index (χ0n) is 18.7. The van der Waals surface area contributed by atoms with E-state index >= 15 is 0 Å². The minimum absolute atomic E-state index is 0.0751. The molecule has 0 radical (unpaired) electrons. The van der Waals surface area contributed by atoms with Crippen LogP contribution in [-0.4, -0.2) is 62.7 Å². The topological polar surface area (TPSA) is 125 Å². The van der Waals surface area contributed by atoms with E-state index in [9.17, 15) is 24.1 Å². The highest BCUT2D eigenvalue weighted by molar-refractivity contribution is 7.93. The standard InChI is InChI=1S/C22H28N2O7S/c1-5-6-15-30-17-7-9-18(10-8-17)32(29)22(19(26)23-28)11-13-24(16-25,14-12-22)20(27)31-21(2,3)4/h7-10,16H,11-15H2,1-4H3,(H-,23,26,28)/p+1. The highest BCUT2D eigenvalue weighted by Gasteiger charge is 2.59. The maximum absolute atomic E-state index is 13.5. The summed E-state index contributed by atoms with van der Waals surface area (Å²) in [7, 11) is 0. The quantitative estimate of drug-likeness (QED) is 0.165. The van der Waals surface area contributed by atoms with E-state index in [2.05, 4.69) is 11.8 Å². The average Bonchev–Trinajstić information content (AvgIpc) is 2.77. The second-order valence-corrected chi connectivity index (χ2v) is 10.2. The van der Waals surface area contributed by atoms with Gasteiger partial charge in [0.15, 0.2) is 4.90 Å². The SMILES string of the molecule is CC#CCOc1ccc([S+]([O-])C2(C(=O)NO)CC[N+](C=O)(C(=O)OC(C)(C)C)CC2)cc1. The Balaban J connectivity index is 2.26. The molecule has 0 aromatic heterocycles. The van der Waals surface area contributed by atoms with Crippen molar-refractivity contribution in [2.75, 3.05) is 19.7 Å². The van der Waals surface area contributed by atoms with Gasteiger partial charge in [0.2, 0.25) is 4.75 Å². The van der Waals surface area contributed by atoms with Crippen LogP contribution in [0.15, 0.2) is 29.2 Å². The number of hydrogen-bond donors (Lipinski definition) is 2. The molecule has 1 saturated heterocycles. The number of carbonyl (C=O) groups is 3.